The molecule has 2 N–H and O–H groups in total. The van der Waals surface area contributed by atoms with E-state index in [9.17, 15) is 14.4 Å². The summed E-state index contributed by atoms with van der Waals surface area (Å²) in [5.41, 5.74) is 0.304. The highest BCUT2D eigenvalue weighted by atomic mass is 35.5. The summed E-state index contributed by atoms with van der Waals surface area (Å²) >= 11 is 0. The van der Waals surface area contributed by atoms with Crippen molar-refractivity contribution < 1.29 is 14.4 Å². The molecule has 2 heterocycles. The van der Waals surface area contributed by atoms with Crippen molar-refractivity contribution in [2.45, 2.75) is 38.4 Å². The number of anilines is 1. The standard InChI is InChI=1S/C18H24N4O3.ClH/c1-12(19-3)10-20-15(23)11-21-17(25)13-6-4-5-7-14(13)22-16(24)8-9-18(21,22)2;/h4-7,12,19H,8-11H2,1-3H3,(H,20,23);1H. The molecule has 1 aromatic rings. The molecular formula is C18H25ClN4O3. The van der Waals surface area contributed by atoms with Crippen molar-refractivity contribution in [2.75, 3.05) is 25.0 Å². The van der Waals surface area contributed by atoms with E-state index in [4.69, 9.17) is 0 Å². The zero-order chi connectivity index (χ0) is 18.2. The maximum Gasteiger partial charge on any atom is 0.258 e. The van der Waals surface area contributed by atoms with Crippen LogP contribution in [0.3, 0.4) is 0 Å². The second-order valence-electron chi connectivity index (χ2n) is 6.85. The fourth-order valence-corrected chi connectivity index (χ4v) is 3.51. The van der Waals surface area contributed by atoms with Crippen LogP contribution in [-0.2, 0) is 9.59 Å². The van der Waals surface area contributed by atoms with Crippen LogP contribution in [0.4, 0.5) is 5.69 Å². The third-order valence-electron chi connectivity index (χ3n) is 5.15. The third kappa shape index (κ3) is 3.29. The normalized spacial score (nSPS) is 22.4. The Labute approximate surface area is 159 Å². The van der Waals surface area contributed by atoms with Gasteiger partial charge in [0, 0.05) is 19.0 Å². The van der Waals surface area contributed by atoms with Crippen LogP contribution in [0.2, 0.25) is 0 Å². The van der Waals surface area contributed by atoms with Crippen LogP contribution in [0.25, 0.3) is 0 Å². The molecule has 8 heteroatoms. The number of hydrogen-bond acceptors (Lipinski definition) is 4. The number of rotatable bonds is 5. The lowest BCUT2D eigenvalue weighted by molar-refractivity contribution is -0.124. The Bertz CT molecular complexity index is 726. The summed E-state index contributed by atoms with van der Waals surface area (Å²) in [4.78, 5) is 41.0. The van der Waals surface area contributed by atoms with Crippen LogP contribution in [0.1, 0.15) is 37.0 Å². The molecule has 0 radical (unpaired) electrons. The lowest BCUT2D eigenvalue weighted by Gasteiger charge is -2.48. The molecule has 142 valence electrons. The quantitative estimate of drug-likeness (QED) is 0.802. The van der Waals surface area contributed by atoms with Gasteiger partial charge in [-0.3, -0.25) is 19.3 Å². The summed E-state index contributed by atoms with van der Waals surface area (Å²) in [6.45, 7) is 4.23. The van der Waals surface area contributed by atoms with Gasteiger partial charge in [-0.05, 0) is 39.4 Å². The number of carbonyl (C=O) groups is 3. The van der Waals surface area contributed by atoms with Gasteiger partial charge in [0.1, 0.15) is 12.2 Å². The van der Waals surface area contributed by atoms with E-state index in [0.717, 1.165) is 0 Å². The van der Waals surface area contributed by atoms with E-state index in [-0.39, 0.29) is 42.7 Å². The lowest BCUT2D eigenvalue weighted by atomic mass is 9.98. The summed E-state index contributed by atoms with van der Waals surface area (Å²) in [6.07, 6.45) is 0.888. The first kappa shape index (κ1) is 20.2. The van der Waals surface area contributed by atoms with E-state index >= 15 is 0 Å². The first-order chi connectivity index (χ1) is 11.9. The molecule has 0 saturated carbocycles. The van der Waals surface area contributed by atoms with Crippen LogP contribution in [-0.4, -0.2) is 54.5 Å². The van der Waals surface area contributed by atoms with Gasteiger partial charge in [0.05, 0.1) is 11.3 Å². The van der Waals surface area contributed by atoms with Crippen LogP contribution in [0.15, 0.2) is 24.3 Å². The molecule has 2 unspecified atom stereocenters. The van der Waals surface area contributed by atoms with E-state index in [2.05, 4.69) is 10.6 Å². The van der Waals surface area contributed by atoms with Gasteiger partial charge in [0.2, 0.25) is 11.8 Å². The Morgan fingerprint density at radius 1 is 1.31 bits per heavy atom. The molecule has 0 bridgehead atoms. The predicted molar refractivity (Wildman–Crippen MR) is 101 cm³/mol. The molecule has 7 nitrogen and oxygen atoms in total. The van der Waals surface area contributed by atoms with Gasteiger partial charge in [-0.15, -0.1) is 12.4 Å². The van der Waals surface area contributed by atoms with Crippen molar-refractivity contribution in [3.05, 3.63) is 29.8 Å². The average Bonchev–Trinajstić information content (AvgIpc) is 2.92. The van der Waals surface area contributed by atoms with Gasteiger partial charge in [0.15, 0.2) is 0 Å². The van der Waals surface area contributed by atoms with Crippen LogP contribution < -0.4 is 15.5 Å². The van der Waals surface area contributed by atoms with Crippen molar-refractivity contribution >= 4 is 35.8 Å². The second kappa shape index (κ2) is 7.63. The van der Waals surface area contributed by atoms with Crippen LogP contribution in [0.5, 0.6) is 0 Å². The monoisotopic (exact) mass is 380 g/mol. The Morgan fingerprint density at radius 3 is 2.69 bits per heavy atom. The Morgan fingerprint density at radius 2 is 2.00 bits per heavy atom. The molecule has 0 spiro atoms. The number of fused-ring (bicyclic) bond motifs is 3. The number of hydrogen-bond donors (Lipinski definition) is 2. The van der Waals surface area contributed by atoms with Crippen LogP contribution in [0, 0.1) is 0 Å². The molecule has 3 rings (SSSR count). The van der Waals surface area contributed by atoms with Gasteiger partial charge in [-0.25, -0.2) is 0 Å². The molecule has 2 atom stereocenters. The molecule has 1 fully saturated rings. The number of halogens is 1. The van der Waals surface area contributed by atoms with Gasteiger partial charge >= 0.3 is 0 Å². The molecule has 0 aliphatic carbocycles. The minimum atomic E-state index is -0.797. The molecule has 26 heavy (non-hydrogen) atoms. The number of nitrogens with zero attached hydrogens (tertiary/aromatic N) is 2. The van der Waals surface area contributed by atoms with Crippen molar-refractivity contribution in [2.24, 2.45) is 0 Å². The molecular weight excluding hydrogens is 356 g/mol. The zero-order valence-electron chi connectivity index (χ0n) is 15.2. The zero-order valence-corrected chi connectivity index (χ0v) is 16.1. The molecule has 0 aromatic heterocycles. The minimum Gasteiger partial charge on any atom is -0.353 e. The molecule has 1 saturated heterocycles. The number of benzene rings is 1. The number of amides is 3. The van der Waals surface area contributed by atoms with E-state index < -0.39 is 5.66 Å². The fourth-order valence-electron chi connectivity index (χ4n) is 3.51. The number of likely N-dealkylation sites (N-methyl/N-ethyl adjacent to an activating group) is 1. The molecule has 2 aliphatic rings. The highest BCUT2D eigenvalue weighted by molar-refractivity contribution is 6.11. The average molecular weight is 381 g/mol. The Balaban J connectivity index is 0.00000243. The highest BCUT2D eigenvalue weighted by Gasteiger charge is 2.53. The highest BCUT2D eigenvalue weighted by Crippen LogP contribution is 2.43. The molecule has 1 aromatic carbocycles. The van der Waals surface area contributed by atoms with E-state index in [0.29, 0.717) is 30.6 Å². The predicted octanol–water partition coefficient (Wildman–Crippen LogP) is 1.13. The van der Waals surface area contributed by atoms with Gasteiger partial charge < -0.3 is 15.5 Å². The first-order valence-corrected chi connectivity index (χ1v) is 8.56. The minimum absolute atomic E-state index is 0. The Hall–Kier alpha value is -2.12. The summed E-state index contributed by atoms with van der Waals surface area (Å²) in [7, 11) is 1.82. The lowest BCUT2D eigenvalue weighted by Crippen LogP contribution is -2.64. The fraction of sp³-hybridized carbons (Fsp3) is 0.500. The molecule has 2 aliphatic heterocycles. The van der Waals surface area contributed by atoms with E-state index in [1.54, 1.807) is 23.1 Å². The van der Waals surface area contributed by atoms with Gasteiger partial charge in [0.25, 0.3) is 5.91 Å². The number of para-hydroxylation sites is 1. The smallest absolute Gasteiger partial charge is 0.258 e. The summed E-state index contributed by atoms with van der Waals surface area (Å²) < 4.78 is 0. The van der Waals surface area contributed by atoms with E-state index in [1.807, 2.05) is 27.0 Å². The topological polar surface area (TPSA) is 81.8 Å². The summed E-state index contributed by atoms with van der Waals surface area (Å²) in [6, 6.07) is 7.23. The maximum absolute atomic E-state index is 13.0. The van der Waals surface area contributed by atoms with Crippen LogP contribution >= 0.6 is 12.4 Å². The largest absolute Gasteiger partial charge is 0.353 e. The second-order valence-corrected chi connectivity index (χ2v) is 6.85. The maximum atomic E-state index is 13.0. The van der Waals surface area contributed by atoms with Crippen molar-refractivity contribution in [1.29, 1.82) is 0 Å². The van der Waals surface area contributed by atoms with Crippen molar-refractivity contribution in [3.8, 4) is 0 Å². The van der Waals surface area contributed by atoms with Gasteiger partial charge in [-0.1, -0.05) is 12.1 Å². The number of nitrogens with one attached hydrogen (secondary N) is 2. The summed E-state index contributed by atoms with van der Waals surface area (Å²) in [5, 5.41) is 5.88. The van der Waals surface area contributed by atoms with E-state index in [1.165, 1.54) is 4.90 Å². The SMILES string of the molecule is CNC(C)CNC(=O)CN1C(=O)c2ccccc2N2C(=O)CCC12C.Cl. The summed E-state index contributed by atoms with van der Waals surface area (Å²) in [5.74, 6) is -0.451. The van der Waals surface area contributed by atoms with Gasteiger partial charge in [-0.2, -0.15) is 0 Å². The van der Waals surface area contributed by atoms with Crippen molar-refractivity contribution in [1.82, 2.24) is 15.5 Å². The van der Waals surface area contributed by atoms with Crippen molar-refractivity contribution in [3.63, 3.8) is 0 Å². The molecule has 3 amide bonds. The Kier molecular flexibility index (Phi) is 5.93. The number of carbonyl (C=O) groups excluding carboxylic acids is 3. The third-order valence-corrected chi connectivity index (χ3v) is 5.15. The first-order valence-electron chi connectivity index (χ1n) is 8.56.